The number of halogens is 2. The van der Waals surface area contributed by atoms with Gasteiger partial charge >= 0.3 is 0 Å². The molecule has 1 saturated heterocycles. The smallest absolute Gasteiger partial charge is 0.138 e. The molecule has 0 saturated carbocycles. The third-order valence-corrected chi connectivity index (χ3v) is 5.41. The van der Waals surface area contributed by atoms with Crippen molar-refractivity contribution in [1.82, 2.24) is 10.6 Å². The van der Waals surface area contributed by atoms with Crippen LogP contribution in [0.1, 0.15) is 19.3 Å². The van der Waals surface area contributed by atoms with Crippen LogP contribution >= 0.6 is 24.2 Å². The molecular weight excluding hydrogens is 397 g/mol. The Labute approximate surface area is 176 Å². The van der Waals surface area contributed by atoms with Crippen LogP contribution in [0.4, 0.5) is 10.1 Å². The summed E-state index contributed by atoms with van der Waals surface area (Å²) in [5.41, 5.74) is 0.615. The Morgan fingerprint density at radius 2 is 1.96 bits per heavy atom. The van der Waals surface area contributed by atoms with Gasteiger partial charge in [-0.15, -0.1) is 12.6 Å². The van der Waals surface area contributed by atoms with E-state index in [0.717, 1.165) is 51.2 Å². The van der Waals surface area contributed by atoms with Crippen molar-refractivity contribution in [1.29, 1.82) is 0 Å². The Hall–Kier alpha value is -1.47. The highest BCUT2D eigenvalue weighted by molar-refractivity contribution is 7.80. The number of ether oxygens (including phenoxy) is 1. The highest BCUT2D eigenvalue weighted by Crippen LogP contribution is 2.27. The second-order valence-electron chi connectivity index (χ2n) is 7.02. The Morgan fingerprint density at radius 1 is 1.18 bits per heavy atom. The number of para-hydroxylation sites is 1. The van der Waals surface area contributed by atoms with Gasteiger partial charge in [0.2, 0.25) is 0 Å². The average Bonchev–Trinajstić information content (AvgIpc) is 3.13. The number of nitrogens with one attached hydrogen (secondary N) is 3. The Morgan fingerprint density at radius 3 is 2.79 bits per heavy atom. The van der Waals surface area contributed by atoms with Gasteiger partial charge in [-0.2, -0.15) is 0 Å². The van der Waals surface area contributed by atoms with E-state index >= 15 is 0 Å². The van der Waals surface area contributed by atoms with Crippen LogP contribution in [0.2, 0.25) is 5.02 Å². The van der Waals surface area contributed by atoms with Gasteiger partial charge in [0.1, 0.15) is 17.7 Å². The summed E-state index contributed by atoms with van der Waals surface area (Å²) in [5, 5.41) is 10.7. The predicted molar refractivity (Wildman–Crippen MR) is 117 cm³/mol. The van der Waals surface area contributed by atoms with Crippen LogP contribution in [0.15, 0.2) is 47.4 Å². The molecule has 4 nitrogen and oxygen atoms in total. The Balaban J connectivity index is 1.24. The molecule has 3 N–H and O–H groups in total. The van der Waals surface area contributed by atoms with Crippen molar-refractivity contribution < 1.29 is 9.13 Å². The normalized spacial score (nSPS) is 19.0. The molecule has 0 radical (unpaired) electrons. The van der Waals surface area contributed by atoms with E-state index < -0.39 is 0 Å². The zero-order chi connectivity index (χ0) is 19.8. The number of thiol groups is 1. The topological polar surface area (TPSA) is 45.3 Å². The molecule has 3 rings (SSSR count). The quantitative estimate of drug-likeness (QED) is 0.339. The number of hydrogen-bond acceptors (Lipinski definition) is 5. The van der Waals surface area contributed by atoms with Crippen molar-refractivity contribution in [2.75, 3.05) is 31.5 Å². The second kappa shape index (κ2) is 10.9. The molecule has 1 fully saturated rings. The molecule has 1 aliphatic heterocycles. The maximum atomic E-state index is 13.5. The van der Waals surface area contributed by atoms with Crippen molar-refractivity contribution >= 4 is 29.9 Å². The molecule has 2 aromatic carbocycles. The lowest BCUT2D eigenvalue weighted by Crippen LogP contribution is -2.34. The number of hydrogen-bond donors (Lipinski definition) is 4. The molecule has 2 aromatic rings. The van der Waals surface area contributed by atoms with Gasteiger partial charge in [-0.05, 0) is 43.7 Å². The van der Waals surface area contributed by atoms with Crippen LogP contribution in [-0.4, -0.2) is 38.3 Å². The molecule has 1 heterocycles. The molecule has 7 heteroatoms. The fourth-order valence-electron chi connectivity index (χ4n) is 3.27. The lowest BCUT2D eigenvalue weighted by Gasteiger charge is -2.14. The monoisotopic (exact) mass is 423 g/mol. The fraction of sp³-hybridized carbons (Fsp3) is 0.429. The van der Waals surface area contributed by atoms with Crippen molar-refractivity contribution in [2.45, 2.75) is 36.3 Å². The van der Waals surface area contributed by atoms with E-state index in [0.29, 0.717) is 16.8 Å². The first-order valence-electron chi connectivity index (χ1n) is 9.69. The molecule has 0 spiro atoms. The molecule has 152 valence electrons. The first kappa shape index (κ1) is 21.2. The number of unbranched alkanes of at least 4 members (excludes halogenated alkanes) is 1. The lowest BCUT2D eigenvalue weighted by molar-refractivity contribution is 0.219. The van der Waals surface area contributed by atoms with Crippen LogP contribution in [0.5, 0.6) is 5.75 Å². The molecule has 0 aromatic heterocycles. The second-order valence-corrected chi connectivity index (χ2v) is 7.90. The Kier molecular flexibility index (Phi) is 8.27. The molecule has 0 aliphatic carbocycles. The van der Waals surface area contributed by atoms with Gasteiger partial charge in [-0.1, -0.05) is 29.8 Å². The summed E-state index contributed by atoms with van der Waals surface area (Å²) in [6.45, 7) is 3.51. The summed E-state index contributed by atoms with van der Waals surface area (Å²) in [6, 6.07) is 13.3. The van der Waals surface area contributed by atoms with Crippen LogP contribution in [0.25, 0.3) is 0 Å². The maximum absolute atomic E-state index is 13.5. The molecule has 2 atom stereocenters. The van der Waals surface area contributed by atoms with E-state index in [-0.39, 0.29) is 16.8 Å². The summed E-state index contributed by atoms with van der Waals surface area (Å²) in [6.07, 6.45) is 3.25. The van der Waals surface area contributed by atoms with Crippen LogP contribution in [0.3, 0.4) is 0 Å². The molecule has 0 bridgehead atoms. The lowest BCUT2D eigenvalue weighted by atomic mass is 10.2. The van der Waals surface area contributed by atoms with Crippen molar-refractivity contribution in [2.24, 2.45) is 0 Å². The van der Waals surface area contributed by atoms with Crippen LogP contribution in [0, 0.1) is 5.82 Å². The minimum atomic E-state index is -0.365. The molecular formula is C21H27ClFN3OS. The van der Waals surface area contributed by atoms with E-state index in [9.17, 15) is 4.39 Å². The molecule has 28 heavy (non-hydrogen) atoms. The van der Waals surface area contributed by atoms with Crippen LogP contribution < -0.4 is 20.7 Å². The summed E-state index contributed by atoms with van der Waals surface area (Å²) < 4.78 is 19.5. The van der Waals surface area contributed by atoms with Crippen molar-refractivity contribution in [3.63, 3.8) is 0 Å². The van der Waals surface area contributed by atoms with E-state index in [4.69, 9.17) is 16.3 Å². The predicted octanol–water partition coefficient (Wildman–Crippen LogP) is 4.36. The van der Waals surface area contributed by atoms with Crippen LogP contribution in [-0.2, 0) is 0 Å². The third kappa shape index (κ3) is 6.55. The van der Waals surface area contributed by atoms with E-state index in [1.807, 2.05) is 30.3 Å². The highest BCUT2D eigenvalue weighted by atomic mass is 35.5. The largest absolute Gasteiger partial charge is 0.489 e. The first-order chi connectivity index (χ1) is 13.6. The Bertz CT molecular complexity index is 750. The van der Waals surface area contributed by atoms with Crippen molar-refractivity contribution in [3.05, 3.63) is 53.3 Å². The number of anilines is 1. The average molecular weight is 424 g/mol. The number of benzene rings is 2. The summed E-state index contributed by atoms with van der Waals surface area (Å²) in [4.78, 5) is 0.261. The first-order valence-corrected chi connectivity index (χ1v) is 10.5. The minimum Gasteiger partial charge on any atom is -0.489 e. The zero-order valence-corrected chi connectivity index (χ0v) is 17.4. The number of rotatable bonds is 10. The van der Waals surface area contributed by atoms with Gasteiger partial charge < -0.3 is 20.7 Å². The zero-order valence-electron chi connectivity index (χ0n) is 15.8. The van der Waals surface area contributed by atoms with Gasteiger partial charge in [0.25, 0.3) is 0 Å². The van der Waals surface area contributed by atoms with Gasteiger partial charge in [0.05, 0.1) is 10.7 Å². The van der Waals surface area contributed by atoms with Gasteiger partial charge in [0.15, 0.2) is 0 Å². The highest BCUT2D eigenvalue weighted by Gasteiger charge is 2.24. The molecule has 0 amide bonds. The van der Waals surface area contributed by atoms with E-state index in [2.05, 4.69) is 28.6 Å². The summed E-state index contributed by atoms with van der Waals surface area (Å²) >= 11 is 10.1. The van der Waals surface area contributed by atoms with Gasteiger partial charge in [0, 0.05) is 37.0 Å². The molecule has 1 aliphatic rings. The van der Waals surface area contributed by atoms with E-state index in [1.54, 1.807) is 0 Å². The summed E-state index contributed by atoms with van der Waals surface area (Å²) in [7, 11) is 0. The standard InChI is InChI=1S/C21H27ClFN3OS/c22-18-11-21(28)19(23)12-20(18)25-9-5-4-8-24-13-15-10-17(14-26-15)27-16-6-2-1-3-7-16/h1-3,6-7,11-12,15,17,24-26,28H,4-5,8-10,13-14H2/t15-,17-/m0/s1. The minimum absolute atomic E-state index is 0.229. The molecule has 0 unspecified atom stereocenters. The fourth-order valence-corrected chi connectivity index (χ4v) is 3.77. The maximum Gasteiger partial charge on any atom is 0.138 e. The van der Waals surface area contributed by atoms with E-state index in [1.165, 1.54) is 12.1 Å². The van der Waals surface area contributed by atoms with Crippen molar-refractivity contribution in [3.8, 4) is 5.75 Å². The summed E-state index contributed by atoms with van der Waals surface area (Å²) in [5.74, 6) is 0.565. The van der Waals surface area contributed by atoms with Gasteiger partial charge in [-0.25, -0.2) is 4.39 Å². The SMILES string of the molecule is Fc1cc(NCCCCNC[C@@H]2C[C@H](Oc3ccccc3)CN2)c(Cl)cc1S. The third-order valence-electron chi connectivity index (χ3n) is 4.75. The van der Waals surface area contributed by atoms with Gasteiger partial charge in [-0.3, -0.25) is 0 Å².